The molecule has 2 rings (SSSR count). The van der Waals surface area contributed by atoms with Gasteiger partial charge >= 0.3 is 0 Å². The molecule has 0 aromatic heterocycles. The van der Waals surface area contributed by atoms with Crippen LogP contribution in [0.1, 0.15) is 6.92 Å². The molecule has 1 heterocycles. The number of carbonyl (C=O) groups is 1. The van der Waals surface area contributed by atoms with Gasteiger partial charge in [-0.15, -0.1) is 0 Å². The second-order valence-corrected chi connectivity index (χ2v) is 4.99. The third-order valence-electron chi connectivity index (χ3n) is 2.74. The maximum absolute atomic E-state index is 11.9. The maximum atomic E-state index is 11.9. The van der Waals surface area contributed by atoms with Gasteiger partial charge in [0.15, 0.2) is 6.10 Å². The number of likely N-dealkylation sites (tertiary alicyclic amines) is 1. The van der Waals surface area contributed by atoms with Crippen LogP contribution in [0.25, 0.3) is 0 Å². The van der Waals surface area contributed by atoms with Crippen LogP contribution in [-0.4, -0.2) is 41.2 Å². The lowest BCUT2D eigenvalue weighted by Crippen LogP contribution is -2.56. The lowest BCUT2D eigenvalue weighted by molar-refractivity contribution is -0.148. The van der Waals surface area contributed by atoms with Crippen molar-refractivity contribution in [2.75, 3.05) is 13.1 Å². The topological polar surface area (TPSA) is 49.8 Å². The highest BCUT2D eigenvalue weighted by molar-refractivity contribution is 6.42. The number of rotatable bonds is 3. The van der Waals surface area contributed by atoms with Crippen LogP contribution in [0.15, 0.2) is 18.2 Å². The zero-order valence-electron chi connectivity index (χ0n) is 9.77. The highest BCUT2D eigenvalue weighted by Gasteiger charge is 2.32. The summed E-state index contributed by atoms with van der Waals surface area (Å²) in [5, 5.41) is 9.82. The molecule has 0 bridgehead atoms. The molecule has 1 aromatic rings. The summed E-state index contributed by atoms with van der Waals surface area (Å²) in [6, 6.07) is 5.01. The quantitative estimate of drug-likeness (QED) is 0.926. The van der Waals surface area contributed by atoms with Crippen LogP contribution < -0.4 is 4.74 Å². The Balaban J connectivity index is 2.00. The van der Waals surface area contributed by atoms with Crippen LogP contribution >= 0.6 is 23.2 Å². The predicted molar refractivity (Wildman–Crippen MR) is 69.1 cm³/mol. The summed E-state index contributed by atoms with van der Waals surface area (Å²) in [6.07, 6.45) is -1.08. The van der Waals surface area contributed by atoms with Crippen LogP contribution in [0.4, 0.5) is 0 Å². The van der Waals surface area contributed by atoms with Gasteiger partial charge in [0.2, 0.25) is 0 Å². The fourth-order valence-corrected chi connectivity index (χ4v) is 2.04. The molecule has 1 aromatic carbocycles. The van der Waals surface area contributed by atoms with Crippen molar-refractivity contribution in [3.63, 3.8) is 0 Å². The van der Waals surface area contributed by atoms with Gasteiger partial charge < -0.3 is 14.7 Å². The molecule has 6 heteroatoms. The van der Waals surface area contributed by atoms with Crippen molar-refractivity contribution in [1.29, 1.82) is 0 Å². The number of carbonyl (C=O) groups excluding carboxylic acids is 1. The van der Waals surface area contributed by atoms with Gasteiger partial charge in [-0.3, -0.25) is 4.79 Å². The monoisotopic (exact) mass is 289 g/mol. The maximum Gasteiger partial charge on any atom is 0.263 e. The van der Waals surface area contributed by atoms with E-state index in [9.17, 15) is 4.79 Å². The van der Waals surface area contributed by atoms with Crippen molar-refractivity contribution in [3.8, 4) is 5.75 Å². The Bertz CT molecular complexity index is 461. The Kier molecular flexibility index (Phi) is 4.00. The van der Waals surface area contributed by atoms with E-state index in [4.69, 9.17) is 33.0 Å². The zero-order valence-corrected chi connectivity index (χ0v) is 11.3. The Hall–Kier alpha value is -0.970. The Morgan fingerprint density at radius 3 is 2.78 bits per heavy atom. The second-order valence-electron chi connectivity index (χ2n) is 4.21. The van der Waals surface area contributed by atoms with Crippen molar-refractivity contribution in [1.82, 2.24) is 4.90 Å². The molecule has 1 N–H and O–H groups in total. The minimum Gasteiger partial charge on any atom is -0.479 e. The molecule has 18 heavy (non-hydrogen) atoms. The van der Waals surface area contributed by atoms with Gasteiger partial charge in [0.05, 0.1) is 11.1 Å². The first-order valence-corrected chi connectivity index (χ1v) is 6.32. The molecule has 1 amide bonds. The van der Waals surface area contributed by atoms with Crippen molar-refractivity contribution in [3.05, 3.63) is 28.2 Å². The standard InChI is InChI=1S/C12H13Cl2NO3/c1-7(12(17)15-5-8(16)6-15)18-10-4-2-3-9(13)11(10)14/h2-4,7-8,16H,5-6H2,1H3. The molecule has 1 saturated heterocycles. The number of aliphatic hydroxyl groups excluding tert-OH is 1. The fraction of sp³-hybridized carbons (Fsp3) is 0.417. The molecule has 1 fully saturated rings. The van der Waals surface area contributed by atoms with E-state index < -0.39 is 12.2 Å². The largest absolute Gasteiger partial charge is 0.479 e. The van der Waals surface area contributed by atoms with Gasteiger partial charge in [0.25, 0.3) is 5.91 Å². The highest BCUT2D eigenvalue weighted by Crippen LogP contribution is 2.32. The van der Waals surface area contributed by atoms with E-state index in [-0.39, 0.29) is 5.91 Å². The molecular formula is C12H13Cl2NO3. The summed E-state index contributed by atoms with van der Waals surface area (Å²) in [7, 11) is 0. The second kappa shape index (κ2) is 5.34. The normalized spacial score (nSPS) is 17.2. The van der Waals surface area contributed by atoms with E-state index in [2.05, 4.69) is 0 Å². The summed E-state index contributed by atoms with van der Waals surface area (Å²) < 4.78 is 5.49. The Morgan fingerprint density at radius 1 is 1.50 bits per heavy atom. The number of halogens is 2. The van der Waals surface area contributed by atoms with Crippen LogP contribution in [0.5, 0.6) is 5.75 Å². The molecule has 0 radical (unpaired) electrons. The number of hydrogen-bond donors (Lipinski definition) is 1. The average Bonchev–Trinajstić information content (AvgIpc) is 2.30. The van der Waals surface area contributed by atoms with E-state index in [0.29, 0.717) is 28.9 Å². The fourth-order valence-electron chi connectivity index (χ4n) is 1.71. The zero-order chi connectivity index (χ0) is 13.3. The van der Waals surface area contributed by atoms with Crippen LogP contribution in [0.2, 0.25) is 10.0 Å². The third-order valence-corrected chi connectivity index (χ3v) is 3.54. The number of nitrogens with zero attached hydrogens (tertiary/aromatic N) is 1. The van der Waals surface area contributed by atoms with E-state index >= 15 is 0 Å². The number of amides is 1. The summed E-state index contributed by atoms with van der Waals surface area (Å²) in [5.41, 5.74) is 0. The molecule has 0 aliphatic carbocycles. The van der Waals surface area contributed by atoms with Crippen molar-refractivity contribution in [2.24, 2.45) is 0 Å². The van der Waals surface area contributed by atoms with Gasteiger partial charge in [-0.2, -0.15) is 0 Å². The molecule has 98 valence electrons. The third kappa shape index (κ3) is 2.71. The molecule has 0 saturated carbocycles. The Morgan fingerprint density at radius 2 is 2.17 bits per heavy atom. The molecule has 1 atom stereocenters. The van der Waals surface area contributed by atoms with Gasteiger partial charge in [-0.25, -0.2) is 0 Å². The van der Waals surface area contributed by atoms with Gasteiger partial charge in [0.1, 0.15) is 10.8 Å². The summed E-state index contributed by atoms with van der Waals surface area (Å²) in [5.74, 6) is 0.211. The minimum atomic E-state index is -0.659. The molecule has 4 nitrogen and oxygen atoms in total. The lowest BCUT2D eigenvalue weighted by Gasteiger charge is -2.37. The molecule has 1 unspecified atom stereocenters. The van der Waals surface area contributed by atoms with Crippen LogP contribution in [-0.2, 0) is 4.79 Å². The van der Waals surface area contributed by atoms with E-state index in [1.54, 1.807) is 25.1 Å². The van der Waals surface area contributed by atoms with Crippen LogP contribution in [0.3, 0.4) is 0 Å². The van der Waals surface area contributed by atoms with Crippen molar-refractivity contribution < 1.29 is 14.6 Å². The molecular weight excluding hydrogens is 277 g/mol. The highest BCUT2D eigenvalue weighted by atomic mass is 35.5. The summed E-state index contributed by atoms with van der Waals surface area (Å²) in [4.78, 5) is 13.4. The minimum absolute atomic E-state index is 0.170. The smallest absolute Gasteiger partial charge is 0.263 e. The lowest BCUT2D eigenvalue weighted by atomic mass is 10.1. The van der Waals surface area contributed by atoms with Gasteiger partial charge in [-0.05, 0) is 19.1 Å². The predicted octanol–water partition coefficient (Wildman–Crippen LogP) is 1.96. The number of hydrogen-bond acceptors (Lipinski definition) is 3. The average molecular weight is 290 g/mol. The number of β-amino-alcohol motifs (C(OH)–C–C–N with tert-alkyl or cyclic N) is 1. The van der Waals surface area contributed by atoms with Crippen molar-refractivity contribution >= 4 is 29.1 Å². The molecule has 1 aliphatic heterocycles. The Labute approximate surface area is 115 Å². The molecule has 1 aliphatic rings. The number of benzene rings is 1. The number of ether oxygens (including phenoxy) is 1. The van der Waals surface area contributed by atoms with Crippen LogP contribution in [0, 0.1) is 0 Å². The van der Waals surface area contributed by atoms with E-state index in [1.807, 2.05) is 0 Å². The first-order chi connectivity index (χ1) is 8.49. The summed E-state index contributed by atoms with van der Waals surface area (Å²) in [6.45, 7) is 2.36. The first-order valence-electron chi connectivity index (χ1n) is 5.56. The van der Waals surface area contributed by atoms with E-state index in [0.717, 1.165) is 0 Å². The van der Waals surface area contributed by atoms with Gasteiger partial charge in [-0.1, -0.05) is 29.3 Å². The van der Waals surface area contributed by atoms with Crippen molar-refractivity contribution in [2.45, 2.75) is 19.1 Å². The van der Waals surface area contributed by atoms with E-state index in [1.165, 1.54) is 4.90 Å². The summed E-state index contributed by atoms with van der Waals surface area (Å²) >= 11 is 11.8. The first kappa shape index (κ1) is 13.5. The molecule has 0 spiro atoms. The SMILES string of the molecule is CC(Oc1cccc(Cl)c1Cl)C(=O)N1CC(O)C1. The number of aliphatic hydroxyl groups is 1. The van der Waals surface area contributed by atoms with Gasteiger partial charge in [0, 0.05) is 13.1 Å².